The van der Waals surface area contributed by atoms with Crippen molar-refractivity contribution in [2.75, 3.05) is 6.61 Å². The first-order valence-corrected chi connectivity index (χ1v) is 5.32. The van der Waals surface area contributed by atoms with Crippen molar-refractivity contribution in [2.24, 2.45) is 7.05 Å². The summed E-state index contributed by atoms with van der Waals surface area (Å²) < 4.78 is 6.74. The number of ether oxygens (including phenoxy) is 1. The number of hydrogen-bond acceptors (Lipinski definition) is 3. The van der Waals surface area contributed by atoms with E-state index in [0.29, 0.717) is 12.5 Å². The lowest BCUT2D eigenvalue weighted by atomic mass is 10.4. The van der Waals surface area contributed by atoms with Crippen LogP contribution in [0.25, 0.3) is 0 Å². The van der Waals surface area contributed by atoms with Crippen molar-refractivity contribution in [1.82, 2.24) is 9.55 Å². The molecule has 0 saturated carbocycles. The van der Waals surface area contributed by atoms with Gasteiger partial charge in [0.15, 0.2) is 0 Å². The zero-order valence-corrected chi connectivity index (χ0v) is 10.2. The number of aromatic nitrogens is 2. The normalized spacial score (nSPS) is 9.13. The van der Waals surface area contributed by atoms with Gasteiger partial charge in [-0.25, -0.2) is 4.79 Å². The quantitative estimate of drug-likeness (QED) is 0.768. The molecule has 15 heavy (non-hydrogen) atoms. The second-order valence-corrected chi connectivity index (χ2v) is 2.97. The van der Waals surface area contributed by atoms with E-state index in [9.17, 15) is 4.79 Å². The lowest BCUT2D eigenvalue weighted by Crippen LogP contribution is -2.21. The van der Waals surface area contributed by atoms with E-state index in [1.807, 2.05) is 27.7 Å². The highest BCUT2D eigenvalue weighted by Gasteiger charge is 2.02. The maximum absolute atomic E-state index is 11.1. The van der Waals surface area contributed by atoms with Crippen LogP contribution in [0.5, 0.6) is 5.88 Å². The number of nitrogens with zero attached hydrogens (tertiary/aromatic N) is 2. The summed E-state index contributed by atoms with van der Waals surface area (Å²) in [6, 6.07) is 0. The largest absolute Gasteiger partial charge is 0.477 e. The summed E-state index contributed by atoms with van der Waals surface area (Å²) in [7, 11) is 1.67. The Labute approximate surface area is 90.9 Å². The van der Waals surface area contributed by atoms with Crippen LogP contribution in [0.1, 0.15) is 32.8 Å². The fourth-order valence-corrected chi connectivity index (χ4v) is 1.000. The zero-order valence-electron chi connectivity index (χ0n) is 10.2. The third kappa shape index (κ3) is 4.14. The summed E-state index contributed by atoms with van der Waals surface area (Å²) in [5.74, 6) is 0.449. The van der Waals surface area contributed by atoms with E-state index in [2.05, 4.69) is 4.98 Å². The van der Waals surface area contributed by atoms with E-state index < -0.39 is 0 Å². The maximum Gasteiger partial charge on any atom is 0.350 e. The summed E-state index contributed by atoms with van der Waals surface area (Å²) in [5.41, 5.74) is 0.604. The van der Waals surface area contributed by atoms with Gasteiger partial charge in [-0.2, -0.15) is 4.98 Å². The Bertz CT molecular complexity index is 345. The molecule has 0 aliphatic carbocycles. The predicted octanol–water partition coefficient (Wildman–Crippen LogP) is 1.90. The molecule has 0 aliphatic rings. The minimum Gasteiger partial charge on any atom is -0.477 e. The average Bonchev–Trinajstić information content (AvgIpc) is 2.24. The van der Waals surface area contributed by atoms with Crippen molar-refractivity contribution in [1.29, 1.82) is 0 Å². The summed E-state index contributed by atoms with van der Waals surface area (Å²) in [6.07, 6.45) is 2.64. The van der Waals surface area contributed by atoms with E-state index in [4.69, 9.17) is 4.74 Å². The van der Waals surface area contributed by atoms with E-state index in [-0.39, 0.29) is 5.69 Å². The van der Waals surface area contributed by atoms with E-state index >= 15 is 0 Å². The number of hydrogen-bond donors (Lipinski definition) is 0. The lowest BCUT2D eigenvalue weighted by molar-refractivity contribution is 0.300. The van der Waals surface area contributed by atoms with Gasteiger partial charge in [0.05, 0.1) is 6.61 Å². The van der Waals surface area contributed by atoms with Crippen molar-refractivity contribution < 1.29 is 4.74 Å². The second-order valence-electron chi connectivity index (χ2n) is 2.97. The second kappa shape index (κ2) is 7.04. The molecule has 0 aliphatic heterocycles. The van der Waals surface area contributed by atoms with Crippen molar-refractivity contribution >= 4 is 0 Å². The molecule has 0 aromatic carbocycles. The molecule has 0 bridgehead atoms. The average molecular weight is 212 g/mol. The maximum atomic E-state index is 11.1. The Morgan fingerprint density at radius 2 is 2.07 bits per heavy atom. The first kappa shape index (κ1) is 13.7. The Balaban J connectivity index is 0.000000921. The van der Waals surface area contributed by atoms with E-state index in [1.54, 1.807) is 13.2 Å². The smallest absolute Gasteiger partial charge is 0.350 e. The molecule has 0 radical (unpaired) electrons. The van der Waals surface area contributed by atoms with Crippen LogP contribution in [0.15, 0.2) is 11.0 Å². The van der Waals surface area contributed by atoms with E-state index in [0.717, 1.165) is 12.0 Å². The third-order valence-electron chi connectivity index (χ3n) is 1.67. The Kier molecular flexibility index (Phi) is 6.42. The van der Waals surface area contributed by atoms with Crippen LogP contribution in [0.3, 0.4) is 0 Å². The van der Waals surface area contributed by atoms with Gasteiger partial charge < -0.3 is 9.30 Å². The number of aryl methyl sites for hydroxylation is 2. The zero-order chi connectivity index (χ0) is 11.8. The number of rotatable bonds is 3. The summed E-state index contributed by atoms with van der Waals surface area (Å²) in [6.45, 7) is 8.48. The molecule has 0 N–H and O–H groups in total. The lowest BCUT2D eigenvalue weighted by Gasteiger charge is -2.06. The molecule has 4 heteroatoms. The topological polar surface area (TPSA) is 44.1 Å². The fourth-order valence-electron chi connectivity index (χ4n) is 1.000. The van der Waals surface area contributed by atoms with Crippen LogP contribution in [0.4, 0.5) is 0 Å². The van der Waals surface area contributed by atoms with Crippen LogP contribution in [-0.4, -0.2) is 16.2 Å². The van der Waals surface area contributed by atoms with Gasteiger partial charge in [-0.3, -0.25) is 0 Å². The van der Waals surface area contributed by atoms with Gasteiger partial charge in [0.2, 0.25) is 5.88 Å². The van der Waals surface area contributed by atoms with Gasteiger partial charge in [0.1, 0.15) is 0 Å². The summed E-state index contributed by atoms with van der Waals surface area (Å²) in [4.78, 5) is 14.9. The molecule has 0 spiro atoms. The monoisotopic (exact) mass is 212 g/mol. The SMILES string of the molecule is CC.CCCOc1nc(=O)n(C)cc1C. The predicted molar refractivity (Wildman–Crippen MR) is 61.3 cm³/mol. The first-order valence-electron chi connectivity index (χ1n) is 5.32. The summed E-state index contributed by atoms with van der Waals surface area (Å²) in [5, 5.41) is 0. The molecule has 0 atom stereocenters. The fraction of sp³-hybridized carbons (Fsp3) is 0.636. The molecule has 0 saturated heterocycles. The molecule has 0 fully saturated rings. The van der Waals surface area contributed by atoms with Crippen molar-refractivity contribution in [3.63, 3.8) is 0 Å². The summed E-state index contributed by atoms with van der Waals surface area (Å²) >= 11 is 0. The van der Waals surface area contributed by atoms with Crippen molar-refractivity contribution in [3.8, 4) is 5.88 Å². The molecule has 1 aromatic rings. The van der Waals surface area contributed by atoms with Gasteiger partial charge >= 0.3 is 5.69 Å². The Hall–Kier alpha value is -1.32. The third-order valence-corrected chi connectivity index (χ3v) is 1.67. The van der Waals surface area contributed by atoms with Crippen LogP contribution in [0.2, 0.25) is 0 Å². The molecule has 4 nitrogen and oxygen atoms in total. The standard InChI is InChI=1S/C9H14N2O2.C2H6/c1-4-5-13-8-7(2)6-11(3)9(12)10-8;1-2/h6H,4-5H2,1-3H3;1-2H3. The first-order chi connectivity index (χ1) is 7.15. The van der Waals surface area contributed by atoms with Gasteiger partial charge in [-0.05, 0) is 13.3 Å². The van der Waals surface area contributed by atoms with Gasteiger partial charge in [0.25, 0.3) is 0 Å². The van der Waals surface area contributed by atoms with Crippen LogP contribution in [-0.2, 0) is 7.05 Å². The minimum absolute atomic E-state index is 0.281. The van der Waals surface area contributed by atoms with Gasteiger partial charge in [0, 0.05) is 18.8 Å². The highest BCUT2D eigenvalue weighted by atomic mass is 16.5. The molecule has 1 rings (SSSR count). The molecular formula is C11H20N2O2. The Morgan fingerprint density at radius 1 is 1.47 bits per heavy atom. The van der Waals surface area contributed by atoms with Crippen molar-refractivity contribution in [3.05, 3.63) is 22.2 Å². The minimum atomic E-state index is -0.281. The molecule has 86 valence electrons. The highest BCUT2D eigenvalue weighted by molar-refractivity contribution is 5.20. The van der Waals surface area contributed by atoms with Crippen LogP contribution < -0.4 is 10.4 Å². The molecule has 1 aromatic heterocycles. The molecule has 0 unspecified atom stereocenters. The molecular weight excluding hydrogens is 192 g/mol. The Morgan fingerprint density at radius 3 is 2.60 bits per heavy atom. The van der Waals surface area contributed by atoms with Crippen LogP contribution in [0, 0.1) is 6.92 Å². The van der Waals surface area contributed by atoms with Gasteiger partial charge in [-0.15, -0.1) is 0 Å². The van der Waals surface area contributed by atoms with Crippen LogP contribution >= 0.6 is 0 Å². The van der Waals surface area contributed by atoms with E-state index in [1.165, 1.54) is 4.57 Å². The van der Waals surface area contributed by atoms with Crippen molar-refractivity contribution in [2.45, 2.75) is 34.1 Å². The molecule has 1 heterocycles. The highest BCUT2D eigenvalue weighted by Crippen LogP contribution is 2.09. The molecule has 0 amide bonds. The van der Waals surface area contributed by atoms with Gasteiger partial charge in [-0.1, -0.05) is 20.8 Å².